The summed E-state index contributed by atoms with van der Waals surface area (Å²) in [4.78, 5) is 17.5. The van der Waals surface area contributed by atoms with Gasteiger partial charge in [-0.25, -0.2) is 4.39 Å². The summed E-state index contributed by atoms with van der Waals surface area (Å²) in [5.41, 5.74) is 3.33. The highest BCUT2D eigenvalue weighted by molar-refractivity contribution is 5.94. The highest BCUT2D eigenvalue weighted by atomic mass is 19.1. The lowest BCUT2D eigenvalue weighted by Crippen LogP contribution is -2.47. The number of nitriles is 1. The average molecular weight is 443 g/mol. The third-order valence-electron chi connectivity index (χ3n) is 6.08. The first-order valence-corrected chi connectivity index (χ1v) is 11.2. The van der Waals surface area contributed by atoms with E-state index in [9.17, 15) is 9.18 Å². The van der Waals surface area contributed by atoms with Crippen LogP contribution in [0.5, 0.6) is 0 Å². The van der Waals surface area contributed by atoms with E-state index in [-0.39, 0.29) is 17.8 Å². The minimum Gasteiger partial charge on any atom is -0.369 e. The van der Waals surface area contributed by atoms with Gasteiger partial charge in [0, 0.05) is 44.0 Å². The van der Waals surface area contributed by atoms with E-state index in [4.69, 9.17) is 5.26 Å². The number of anilines is 1. The summed E-state index contributed by atoms with van der Waals surface area (Å²) < 4.78 is 13.2. The van der Waals surface area contributed by atoms with Crippen LogP contribution in [0.15, 0.2) is 78.9 Å². The smallest absolute Gasteiger partial charge is 0.251 e. The molecule has 1 aliphatic rings. The lowest BCUT2D eigenvalue weighted by Gasteiger charge is -2.36. The SMILES string of the molecule is N#Cc1ccc(N2CCN(CCC(NC(=O)c3ccc(F)cc3)c3ccccc3)CC2)cc1. The zero-order valence-corrected chi connectivity index (χ0v) is 18.5. The van der Waals surface area contributed by atoms with Crippen molar-refractivity contribution in [3.8, 4) is 6.07 Å². The summed E-state index contributed by atoms with van der Waals surface area (Å²) in [6, 6.07) is 25.4. The van der Waals surface area contributed by atoms with Crippen molar-refractivity contribution in [3.63, 3.8) is 0 Å². The van der Waals surface area contributed by atoms with Crippen molar-refractivity contribution in [1.82, 2.24) is 10.2 Å². The molecule has 1 amide bonds. The molecule has 1 fully saturated rings. The van der Waals surface area contributed by atoms with Crippen LogP contribution in [-0.2, 0) is 0 Å². The molecule has 0 aliphatic carbocycles. The molecule has 1 unspecified atom stereocenters. The van der Waals surface area contributed by atoms with E-state index in [1.165, 1.54) is 24.3 Å². The molecule has 1 atom stereocenters. The molecule has 1 heterocycles. The van der Waals surface area contributed by atoms with Crippen molar-refractivity contribution in [3.05, 3.63) is 101 Å². The molecule has 0 saturated carbocycles. The fraction of sp³-hybridized carbons (Fsp3) is 0.259. The minimum absolute atomic E-state index is 0.125. The topological polar surface area (TPSA) is 59.4 Å². The Kier molecular flexibility index (Phi) is 7.33. The molecule has 0 radical (unpaired) electrons. The first kappa shape index (κ1) is 22.5. The van der Waals surface area contributed by atoms with Gasteiger partial charge < -0.3 is 10.2 Å². The molecule has 33 heavy (non-hydrogen) atoms. The van der Waals surface area contributed by atoms with Gasteiger partial charge in [0.25, 0.3) is 5.91 Å². The first-order chi connectivity index (χ1) is 16.1. The Morgan fingerprint density at radius 1 is 0.939 bits per heavy atom. The molecule has 1 N–H and O–H groups in total. The number of amides is 1. The van der Waals surface area contributed by atoms with Crippen LogP contribution in [0.3, 0.4) is 0 Å². The molecule has 0 bridgehead atoms. The summed E-state index contributed by atoms with van der Waals surface area (Å²) in [5, 5.41) is 12.1. The molecule has 3 aromatic rings. The number of benzene rings is 3. The van der Waals surface area contributed by atoms with E-state index < -0.39 is 0 Å². The molecule has 4 rings (SSSR count). The van der Waals surface area contributed by atoms with Crippen molar-refractivity contribution < 1.29 is 9.18 Å². The molecule has 5 nitrogen and oxygen atoms in total. The van der Waals surface area contributed by atoms with Gasteiger partial charge in [-0.05, 0) is 60.5 Å². The number of carbonyl (C=O) groups excluding carboxylic acids is 1. The second kappa shape index (κ2) is 10.8. The van der Waals surface area contributed by atoms with E-state index in [1.807, 2.05) is 54.6 Å². The maximum atomic E-state index is 13.2. The Bertz CT molecular complexity index is 1090. The minimum atomic E-state index is -0.355. The van der Waals surface area contributed by atoms with Crippen LogP contribution in [-0.4, -0.2) is 43.5 Å². The number of hydrogen-bond acceptors (Lipinski definition) is 4. The van der Waals surface area contributed by atoms with Crippen molar-refractivity contribution in [1.29, 1.82) is 5.26 Å². The van der Waals surface area contributed by atoms with Crippen LogP contribution < -0.4 is 10.2 Å². The third kappa shape index (κ3) is 5.97. The molecule has 0 aromatic heterocycles. The summed E-state index contributed by atoms with van der Waals surface area (Å²) >= 11 is 0. The number of carbonyl (C=O) groups is 1. The van der Waals surface area contributed by atoms with Crippen LogP contribution >= 0.6 is 0 Å². The zero-order chi connectivity index (χ0) is 23.0. The Morgan fingerprint density at radius 3 is 2.24 bits per heavy atom. The number of nitrogens with one attached hydrogen (secondary N) is 1. The van der Waals surface area contributed by atoms with Gasteiger partial charge in [0.05, 0.1) is 17.7 Å². The van der Waals surface area contributed by atoms with Crippen LogP contribution in [0.1, 0.15) is 33.9 Å². The third-order valence-corrected chi connectivity index (χ3v) is 6.08. The Hall–Kier alpha value is -3.69. The van der Waals surface area contributed by atoms with Gasteiger partial charge in [0.2, 0.25) is 0 Å². The van der Waals surface area contributed by atoms with Crippen molar-refractivity contribution in [2.75, 3.05) is 37.6 Å². The molecule has 1 saturated heterocycles. The lowest BCUT2D eigenvalue weighted by atomic mass is 10.0. The maximum Gasteiger partial charge on any atom is 0.251 e. The van der Waals surface area contributed by atoms with Gasteiger partial charge in [0.1, 0.15) is 5.82 Å². The summed E-state index contributed by atoms with van der Waals surface area (Å²) in [6.45, 7) is 4.58. The quantitative estimate of drug-likeness (QED) is 0.590. The predicted molar refractivity (Wildman–Crippen MR) is 127 cm³/mol. The number of halogens is 1. The van der Waals surface area contributed by atoms with Crippen molar-refractivity contribution in [2.45, 2.75) is 12.5 Å². The van der Waals surface area contributed by atoms with Crippen LogP contribution in [0.4, 0.5) is 10.1 Å². The van der Waals surface area contributed by atoms with E-state index in [2.05, 4.69) is 21.2 Å². The van der Waals surface area contributed by atoms with Gasteiger partial charge in [-0.1, -0.05) is 30.3 Å². The molecule has 1 aliphatic heterocycles. The Labute approximate surface area is 194 Å². The van der Waals surface area contributed by atoms with Crippen molar-refractivity contribution >= 4 is 11.6 Å². The molecular formula is C27H27FN4O. The summed E-state index contributed by atoms with van der Waals surface area (Å²) in [7, 11) is 0. The predicted octanol–water partition coefficient (Wildman–Crippen LogP) is 4.38. The molecule has 168 valence electrons. The van der Waals surface area contributed by atoms with Crippen LogP contribution in [0.25, 0.3) is 0 Å². The Morgan fingerprint density at radius 2 is 1.61 bits per heavy atom. The number of piperazine rings is 1. The normalized spacial score (nSPS) is 15.0. The van der Waals surface area contributed by atoms with E-state index >= 15 is 0 Å². The standard InChI is InChI=1S/C27H27FN4O/c28-24-10-8-23(9-11-24)27(33)30-26(22-4-2-1-3-5-22)14-15-31-16-18-32(19-17-31)25-12-6-21(20-29)7-13-25/h1-13,26H,14-19H2,(H,30,33). The monoisotopic (exact) mass is 442 g/mol. The maximum absolute atomic E-state index is 13.2. The largest absolute Gasteiger partial charge is 0.369 e. The zero-order valence-electron chi connectivity index (χ0n) is 18.5. The first-order valence-electron chi connectivity index (χ1n) is 11.2. The van der Waals surface area contributed by atoms with Crippen LogP contribution in [0.2, 0.25) is 0 Å². The second-order valence-corrected chi connectivity index (χ2v) is 8.22. The van der Waals surface area contributed by atoms with E-state index in [1.54, 1.807) is 0 Å². The fourth-order valence-corrected chi connectivity index (χ4v) is 4.14. The molecular weight excluding hydrogens is 415 g/mol. The van der Waals surface area contributed by atoms with Crippen molar-refractivity contribution in [2.24, 2.45) is 0 Å². The molecule has 0 spiro atoms. The second-order valence-electron chi connectivity index (χ2n) is 8.22. The number of hydrogen-bond donors (Lipinski definition) is 1. The lowest BCUT2D eigenvalue weighted by molar-refractivity contribution is 0.0931. The van der Waals surface area contributed by atoms with Gasteiger partial charge >= 0.3 is 0 Å². The highest BCUT2D eigenvalue weighted by Gasteiger charge is 2.21. The number of nitrogens with zero attached hydrogens (tertiary/aromatic N) is 3. The fourth-order valence-electron chi connectivity index (χ4n) is 4.14. The van der Waals surface area contributed by atoms with Crippen LogP contribution in [0, 0.1) is 17.1 Å². The number of rotatable bonds is 7. The Balaban J connectivity index is 1.34. The summed E-state index contributed by atoms with van der Waals surface area (Å²) in [6.07, 6.45) is 0.786. The van der Waals surface area contributed by atoms with E-state index in [0.29, 0.717) is 11.1 Å². The van der Waals surface area contributed by atoms with Gasteiger partial charge in [-0.15, -0.1) is 0 Å². The molecule has 6 heteroatoms. The van der Waals surface area contributed by atoms with Gasteiger partial charge in [0.15, 0.2) is 0 Å². The van der Waals surface area contributed by atoms with Gasteiger partial charge in [-0.2, -0.15) is 5.26 Å². The molecule has 3 aromatic carbocycles. The van der Waals surface area contributed by atoms with E-state index in [0.717, 1.165) is 50.4 Å². The average Bonchev–Trinajstić information content (AvgIpc) is 2.87. The summed E-state index contributed by atoms with van der Waals surface area (Å²) in [5.74, 6) is -0.555. The highest BCUT2D eigenvalue weighted by Crippen LogP contribution is 2.21. The van der Waals surface area contributed by atoms with Gasteiger partial charge in [-0.3, -0.25) is 9.69 Å².